The van der Waals surface area contributed by atoms with E-state index in [1.54, 1.807) is 0 Å². The Hall–Kier alpha value is -7.58. The van der Waals surface area contributed by atoms with Crippen molar-refractivity contribution in [3.8, 4) is 44.5 Å². The van der Waals surface area contributed by atoms with Gasteiger partial charge in [-0.1, -0.05) is 182 Å². The quantitative estimate of drug-likeness (QED) is 0.156. The zero-order chi connectivity index (χ0) is 40.0. The first-order chi connectivity index (χ1) is 30.2. The molecule has 13 aromatic rings. The van der Waals surface area contributed by atoms with Gasteiger partial charge in [0.2, 0.25) is 0 Å². The average Bonchev–Trinajstić information content (AvgIpc) is 3.72. The second-order valence-corrected chi connectivity index (χ2v) is 17.4. The standard InChI is InChI=1S/C60H36S/c1-3-15-37(16-4-1)41-33-53(39-27-29-51-47-23-9-7-19-43(47)45-21-11-13-25-49(45)55(51)31-39)59-57(35-41)58-36-42(38-17-5-2-6-18-38)34-54(60(58)61-59)40-28-30-52-48-24-10-8-20-44(48)46-22-12-14-26-50(46)56(52)32-40/h1-36H. The van der Waals surface area contributed by atoms with Crippen molar-refractivity contribution in [2.24, 2.45) is 0 Å². The highest BCUT2D eigenvalue weighted by Crippen LogP contribution is 2.49. The van der Waals surface area contributed by atoms with Crippen molar-refractivity contribution in [3.63, 3.8) is 0 Å². The first kappa shape index (κ1) is 34.3. The van der Waals surface area contributed by atoms with Crippen LogP contribution in [0.4, 0.5) is 0 Å². The molecule has 0 fully saturated rings. The minimum absolute atomic E-state index is 1.22. The second kappa shape index (κ2) is 13.5. The summed E-state index contributed by atoms with van der Waals surface area (Å²) >= 11 is 1.94. The van der Waals surface area contributed by atoms with E-state index in [-0.39, 0.29) is 0 Å². The van der Waals surface area contributed by atoms with Gasteiger partial charge in [0.15, 0.2) is 0 Å². The molecule has 0 nitrogen and oxygen atoms in total. The number of hydrogen-bond acceptors (Lipinski definition) is 1. The summed E-state index contributed by atoms with van der Waals surface area (Å²) in [6.07, 6.45) is 0. The molecule has 0 aliphatic rings. The van der Waals surface area contributed by atoms with Crippen molar-refractivity contribution in [1.29, 1.82) is 0 Å². The summed E-state index contributed by atoms with van der Waals surface area (Å²) in [4.78, 5) is 0. The van der Waals surface area contributed by atoms with Crippen molar-refractivity contribution < 1.29 is 0 Å². The Labute approximate surface area is 357 Å². The molecule has 0 spiro atoms. The van der Waals surface area contributed by atoms with Crippen molar-refractivity contribution in [2.75, 3.05) is 0 Å². The molecule has 13 rings (SSSR count). The molecule has 0 amide bonds. The van der Waals surface area contributed by atoms with E-state index in [9.17, 15) is 0 Å². The topological polar surface area (TPSA) is 0 Å². The maximum Gasteiger partial charge on any atom is 0.0434 e. The highest BCUT2D eigenvalue weighted by molar-refractivity contribution is 7.27. The molecule has 12 aromatic carbocycles. The fraction of sp³-hybridized carbons (Fsp3) is 0. The molecule has 0 atom stereocenters. The van der Waals surface area contributed by atoms with E-state index in [1.165, 1.54) is 129 Å². The van der Waals surface area contributed by atoms with E-state index in [1.807, 2.05) is 11.3 Å². The van der Waals surface area contributed by atoms with E-state index in [2.05, 4.69) is 218 Å². The highest BCUT2D eigenvalue weighted by atomic mass is 32.1. The normalized spacial score (nSPS) is 11.9. The van der Waals surface area contributed by atoms with Crippen LogP contribution >= 0.6 is 11.3 Å². The van der Waals surface area contributed by atoms with Gasteiger partial charge in [0.1, 0.15) is 0 Å². The van der Waals surface area contributed by atoms with Crippen LogP contribution in [0.3, 0.4) is 0 Å². The van der Waals surface area contributed by atoms with Gasteiger partial charge in [-0.2, -0.15) is 0 Å². The maximum absolute atomic E-state index is 2.45. The van der Waals surface area contributed by atoms with E-state index in [4.69, 9.17) is 0 Å². The smallest absolute Gasteiger partial charge is 0.0434 e. The van der Waals surface area contributed by atoms with Crippen LogP contribution in [-0.2, 0) is 0 Å². The zero-order valence-electron chi connectivity index (χ0n) is 33.2. The molecular weight excluding hydrogens is 753 g/mol. The van der Waals surface area contributed by atoms with Crippen LogP contribution in [0.5, 0.6) is 0 Å². The van der Waals surface area contributed by atoms with E-state index in [0.29, 0.717) is 0 Å². The van der Waals surface area contributed by atoms with Crippen LogP contribution in [-0.4, -0.2) is 0 Å². The molecule has 0 bridgehead atoms. The minimum Gasteiger partial charge on any atom is -0.134 e. The van der Waals surface area contributed by atoms with Gasteiger partial charge in [-0.05, 0) is 134 Å². The highest BCUT2D eigenvalue weighted by Gasteiger charge is 2.20. The molecule has 0 aliphatic carbocycles. The van der Waals surface area contributed by atoms with Crippen LogP contribution in [0.25, 0.3) is 129 Å². The van der Waals surface area contributed by atoms with Crippen molar-refractivity contribution >= 4 is 96.1 Å². The lowest BCUT2D eigenvalue weighted by Gasteiger charge is -2.14. The molecule has 1 heterocycles. The Morgan fingerprint density at radius 2 is 0.459 bits per heavy atom. The Kier molecular flexibility index (Phi) is 7.58. The molecule has 282 valence electrons. The fourth-order valence-corrected chi connectivity index (χ4v) is 11.5. The monoisotopic (exact) mass is 788 g/mol. The van der Waals surface area contributed by atoms with E-state index >= 15 is 0 Å². The number of fused-ring (bicyclic) bond motifs is 15. The zero-order valence-corrected chi connectivity index (χ0v) is 34.0. The lowest BCUT2D eigenvalue weighted by Crippen LogP contribution is -1.87. The number of thiophene rings is 1. The van der Waals surface area contributed by atoms with Crippen LogP contribution in [0.2, 0.25) is 0 Å². The minimum atomic E-state index is 1.22. The fourth-order valence-electron chi connectivity index (χ4n) is 10.2. The molecule has 0 unspecified atom stereocenters. The Balaban J connectivity index is 1.13. The SMILES string of the molecule is c1ccc(-c2cc(-c3ccc4c5ccccc5c5ccccc5c4c3)c3sc4c(-c5ccc6c7ccccc7c7ccccc7c6c5)cc(-c5ccccc5)cc4c3c2)cc1. The molecule has 0 aliphatic heterocycles. The molecule has 1 aromatic heterocycles. The van der Waals surface area contributed by atoms with Crippen LogP contribution in [0.15, 0.2) is 218 Å². The Bertz CT molecular complexity index is 3580. The van der Waals surface area contributed by atoms with Crippen molar-refractivity contribution in [1.82, 2.24) is 0 Å². The molecule has 1 heteroatoms. The van der Waals surface area contributed by atoms with Gasteiger partial charge < -0.3 is 0 Å². The Morgan fingerprint density at radius 3 is 0.803 bits per heavy atom. The second-order valence-electron chi connectivity index (χ2n) is 16.3. The largest absolute Gasteiger partial charge is 0.134 e. The van der Waals surface area contributed by atoms with Gasteiger partial charge in [0, 0.05) is 31.3 Å². The third-order valence-corrected chi connectivity index (χ3v) is 14.3. The molecule has 61 heavy (non-hydrogen) atoms. The average molecular weight is 789 g/mol. The van der Waals surface area contributed by atoms with Crippen LogP contribution < -0.4 is 0 Å². The molecule has 0 radical (unpaired) electrons. The van der Waals surface area contributed by atoms with Gasteiger partial charge in [-0.15, -0.1) is 11.3 Å². The predicted molar refractivity (Wildman–Crippen MR) is 266 cm³/mol. The van der Waals surface area contributed by atoms with Crippen molar-refractivity contribution in [3.05, 3.63) is 218 Å². The van der Waals surface area contributed by atoms with E-state index < -0.39 is 0 Å². The number of rotatable bonds is 4. The van der Waals surface area contributed by atoms with Crippen LogP contribution in [0.1, 0.15) is 0 Å². The Morgan fingerprint density at radius 1 is 0.180 bits per heavy atom. The summed E-state index contributed by atoms with van der Waals surface area (Å²) in [5.41, 5.74) is 9.88. The van der Waals surface area contributed by atoms with Gasteiger partial charge in [-0.25, -0.2) is 0 Å². The first-order valence-electron chi connectivity index (χ1n) is 21.1. The molecule has 0 saturated heterocycles. The predicted octanol–water partition coefficient (Wildman–Crippen LogP) is 17.6. The van der Waals surface area contributed by atoms with Crippen LogP contribution in [0, 0.1) is 0 Å². The summed E-state index contributed by atoms with van der Waals surface area (Å²) in [6, 6.07) is 81.3. The van der Waals surface area contributed by atoms with Crippen molar-refractivity contribution in [2.45, 2.75) is 0 Å². The number of hydrogen-bond donors (Lipinski definition) is 0. The first-order valence-corrected chi connectivity index (χ1v) is 21.9. The summed E-state index contributed by atoms with van der Waals surface area (Å²) in [6.45, 7) is 0. The third-order valence-electron chi connectivity index (χ3n) is 13.0. The lowest BCUT2D eigenvalue weighted by molar-refractivity contribution is 1.64. The van der Waals surface area contributed by atoms with Gasteiger partial charge in [0.25, 0.3) is 0 Å². The maximum atomic E-state index is 2.45. The van der Waals surface area contributed by atoms with E-state index in [0.717, 1.165) is 0 Å². The summed E-state index contributed by atoms with van der Waals surface area (Å²) in [7, 11) is 0. The van der Waals surface area contributed by atoms with Gasteiger partial charge in [-0.3, -0.25) is 0 Å². The lowest BCUT2D eigenvalue weighted by atomic mass is 9.89. The molecular formula is C60H36S. The summed E-state index contributed by atoms with van der Waals surface area (Å²) < 4.78 is 2.62. The molecule has 0 N–H and O–H groups in total. The third kappa shape index (κ3) is 5.31. The summed E-state index contributed by atoms with van der Waals surface area (Å²) in [5.74, 6) is 0. The number of benzene rings is 12. The van der Waals surface area contributed by atoms with Gasteiger partial charge in [0.05, 0.1) is 0 Å². The molecule has 0 saturated carbocycles. The van der Waals surface area contributed by atoms with Gasteiger partial charge >= 0.3 is 0 Å². The summed E-state index contributed by atoms with van der Waals surface area (Å²) in [5, 5.41) is 18.1.